The van der Waals surface area contributed by atoms with Gasteiger partial charge >= 0.3 is 5.97 Å². The lowest BCUT2D eigenvalue weighted by atomic mass is 10.00. The van der Waals surface area contributed by atoms with Crippen molar-refractivity contribution < 1.29 is 19.1 Å². The molecular weight excluding hydrogens is 400 g/mol. The first-order chi connectivity index (χ1) is 12.4. The summed E-state index contributed by atoms with van der Waals surface area (Å²) in [5.74, 6) is 0.105. The SMILES string of the molecule is CCOC(=O)c1c(C)[nH]c(C(=O)NC2CCOc3ccc(Br)cc32)c1C. The number of ether oxygens (including phenoxy) is 2. The summed E-state index contributed by atoms with van der Waals surface area (Å²) < 4.78 is 11.7. The highest BCUT2D eigenvalue weighted by Gasteiger charge is 2.27. The minimum absolute atomic E-state index is 0.155. The van der Waals surface area contributed by atoms with Gasteiger partial charge in [-0.1, -0.05) is 15.9 Å². The summed E-state index contributed by atoms with van der Waals surface area (Å²) in [7, 11) is 0. The van der Waals surface area contributed by atoms with E-state index in [-0.39, 0.29) is 18.6 Å². The molecule has 0 radical (unpaired) electrons. The van der Waals surface area contributed by atoms with Crippen molar-refractivity contribution in [3.05, 3.63) is 50.8 Å². The second-order valence-electron chi connectivity index (χ2n) is 6.19. The van der Waals surface area contributed by atoms with Crippen LogP contribution >= 0.6 is 15.9 Å². The summed E-state index contributed by atoms with van der Waals surface area (Å²) in [6.45, 7) is 6.09. The molecule has 0 aliphatic carbocycles. The molecule has 0 bridgehead atoms. The quantitative estimate of drug-likeness (QED) is 0.736. The zero-order chi connectivity index (χ0) is 18.8. The number of nitrogens with one attached hydrogen (secondary N) is 2. The molecule has 2 heterocycles. The fourth-order valence-corrected chi connectivity index (χ4v) is 3.61. The molecule has 2 N–H and O–H groups in total. The molecule has 0 saturated carbocycles. The lowest BCUT2D eigenvalue weighted by Crippen LogP contribution is -2.32. The molecule has 1 atom stereocenters. The number of amides is 1. The number of halogens is 1. The van der Waals surface area contributed by atoms with Crippen LogP contribution in [-0.4, -0.2) is 30.1 Å². The van der Waals surface area contributed by atoms with Gasteiger partial charge in [0.1, 0.15) is 11.4 Å². The van der Waals surface area contributed by atoms with E-state index < -0.39 is 5.97 Å². The Balaban J connectivity index is 1.85. The molecule has 1 aromatic carbocycles. The zero-order valence-electron chi connectivity index (χ0n) is 14.9. The van der Waals surface area contributed by atoms with Crippen LogP contribution in [0.25, 0.3) is 0 Å². The van der Waals surface area contributed by atoms with E-state index in [0.29, 0.717) is 35.5 Å². The Kier molecular flexibility index (Phi) is 5.36. The first kappa shape index (κ1) is 18.5. The molecule has 0 saturated heterocycles. The van der Waals surface area contributed by atoms with E-state index in [1.165, 1.54) is 0 Å². The Hall–Kier alpha value is -2.28. The second kappa shape index (κ2) is 7.53. The number of fused-ring (bicyclic) bond motifs is 1. The fraction of sp³-hybridized carbons (Fsp3) is 0.368. The normalized spacial score (nSPS) is 15.8. The van der Waals surface area contributed by atoms with E-state index in [4.69, 9.17) is 9.47 Å². The number of H-pyrrole nitrogens is 1. The van der Waals surface area contributed by atoms with Crippen molar-refractivity contribution in [1.82, 2.24) is 10.3 Å². The van der Waals surface area contributed by atoms with Crippen LogP contribution in [0.15, 0.2) is 22.7 Å². The van der Waals surface area contributed by atoms with Gasteiger partial charge in [0.25, 0.3) is 5.91 Å². The van der Waals surface area contributed by atoms with Crippen molar-refractivity contribution >= 4 is 27.8 Å². The van der Waals surface area contributed by atoms with E-state index in [2.05, 4.69) is 26.2 Å². The highest BCUT2D eigenvalue weighted by Crippen LogP contribution is 2.34. The van der Waals surface area contributed by atoms with E-state index in [1.54, 1.807) is 20.8 Å². The first-order valence-corrected chi connectivity index (χ1v) is 9.31. The van der Waals surface area contributed by atoms with E-state index >= 15 is 0 Å². The monoisotopic (exact) mass is 420 g/mol. The van der Waals surface area contributed by atoms with Gasteiger partial charge in [-0.3, -0.25) is 4.79 Å². The first-order valence-electron chi connectivity index (χ1n) is 8.51. The molecule has 0 spiro atoms. The Bertz CT molecular complexity index is 859. The number of rotatable bonds is 4. The van der Waals surface area contributed by atoms with E-state index in [0.717, 1.165) is 15.8 Å². The number of aromatic nitrogens is 1. The van der Waals surface area contributed by atoms with Crippen molar-refractivity contribution in [3.63, 3.8) is 0 Å². The van der Waals surface area contributed by atoms with Gasteiger partial charge in [-0.25, -0.2) is 4.79 Å². The van der Waals surface area contributed by atoms with Crippen LogP contribution in [0.3, 0.4) is 0 Å². The van der Waals surface area contributed by atoms with Gasteiger partial charge in [-0.05, 0) is 44.5 Å². The van der Waals surface area contributed by atoms with E-state index in [9.17, 15) is 9.59 Å². The van der Waals surface area contributed by atoms with Crippen LogP contribution in [0.5, 0.6) is 5.75 Å². The number of hydrogen-bond donors (Lipinski definition) is 2. The zero-order valence-corrected chi connectivity index (χ0v) is 16.5. The van der Waals surface area contributed by atoms with Crippen LogP contribution in [0.4, 0.5) is 0 Å². The number of carbonyl (C=O) groups is 2. The molecule has 6 nitrogen and oxygen atoms in total. The Morgan fingerprint density at radius 3 is 2.88 bits per heavy atom. The highest BCUT2D eigenvalue weighted by atomic mass is 79.9. The predicted molar refractivity (Wildman–Crippen MR) is 101 cm³/mol. The minimum atomic E-state index is -0.418. The van der Waals surface area contributed by atoms with Gasteiger partial charge in [0.05, 0.1) is 24.8 Å². The lowest BCUT2D eigenvalue weighted by Gasteiger charge is -2.27. The predicted octanol–water partition coefficient (Wildman–Crippen LogP) is 3.82. The van der Waals surface area contributed by atoms with Crippen LogP contribution < -0.4 is 10.1 Å². The summed E-state index contributed by atoms with van der Waals surface area (Å²) in [6.07, 6.45) is 0.679. The third-order valence-electron chi connectivity index (χ3n) is 4.46. The third-order valence-corrected chi connectivity index (χ3v) is 4.95. The average molecular weight is 421 g/mol. The van der Waals surface area contributed by atoms with Crippen molar-refractivity contribution in [2.45, 2.75) is 33.2 Å². The maximum Gasteiger partial charge on any atom is 0.340 e. The topological polar surface area (TPSA) is 80.4 Å². The van der Waals surface area contributed by atoms with Crippen LogP contribution in [0, 0.1) is 13.8 Å². The number of carbonyl (C=O) groups excluding carboxylic acids is 2. The maximum absolute atomic E-state index is 12.8. The number of esters is 1. The average Bonchev–Trinajstić information content (AvgIpc) is 2.90. The molecule has 1 aliphatic heterocycles. The summed E-state index contributed by atoms with van der Waals surface area (Å²) in [5.41, 5.74) is 2.97. The molecule has 1 aliphatic rings. The fourth-order valence-electron chi connectivity index (χ4n) is 3.23. The molecule has 7 heteroatoms. The van der Waals surface area contributed by atoms with Gasteiger partial charge in [-0.15, -0.1) is 0 Å². The molecule has 1 amide bonds. The molecule has 138 valence electrons. The third kappa shape index (κ3) is 3.49. The molecule has 26 heavy (non-hydrogen) atoms. The standard InChI is InChI=1S/C19H21BrN2O4/c1-4-25-19(24)16-10(2)17(21-11(16)3)18(23)22-14-7-8-26-15-6-5-12(20)9-13(14)15/h5-6,9,14,21H,4,7-8H2,1-3H3,(H,22,23). The lowest BCUT2D eigenvalue weighted by molar-refractivity contribution is 0.0525. The van der Waals surface area contributed by atoms with Crippen LogP contribution in [0.1, 0.15) is 57.1 Å². The number of aromatic amines is 1. The number of aryl methyl sites for hydroxylation is 1. The maximum atomic E-state index is 12.8. The Labute approximate surface area is 160 Å². The van der Waals surface area contributed by atoms with Crippen molar-refractivity contribution in [2.24, 2.45) is 0 Å². The number of benzene rings is 1. The van der Waals surface area contributed by atoms with Gasteiger partial charge in [0.2, 0.25) is 0 Å². The molecule has 0 fully saturated rings. The summed E-state index contributed by atoms with van der Waals surface area (Å²) in [4.78, 5) is 28.0. The Morgan fingerprint density at radius 2 is 2.15 bits per heavy atom. The molecule has 3 rings (SSSR count). The molecule has 1 aromatic heterocycles. The van der Waals surface area contributed by atoms with Crippen LogP contribution in [0.2, 0.25) is 0 Å². The summed E-state index contributed by atoms with van der Waals surface area (Å²) in [5, 5.41) is 3.05. The van der Waals surface area contributed by atoms with Crippen molar-refractivity contribution in [2.75, 3.05) is 13.2 Å². The minimum Gasteiger partial charge on any atom is -0.493 e. The number of hydrogen-bond acceptors (Lipinski definition) is 4. The second-order valence-corrected chi connectivity index (χ2v) is 7.11. The van der Waals surface area contributed by atoms with Gasteiger partial charge < -0.3 is 19.8 Å². The smallest absolute Gasteiger partial charge is 0.340 e. The largest absolute Gasteiger partial charge is 0.493 e. The van der Waals surface area contributed by atoms with Crippen LogP contribution in [-0.2, 0) is 4.74 Å². The van der Waals surface area contributed by atoms with E-state index in [1.807, 2.05) is 18.2 Å². The highest BCUT2D eigenvalue weighted by molar-refractivity contribution is 9.10. The summed E-state index contributed by atoms with van der Waals surface area (Å²) in [6, 6.07) is 5.60. The van der Waals surface area contributed by atoms with Gasteiger partial charge in [0, 0.05) is 22.2 Å². The Morgan fingerprint density at radius 1 is 1.38 bits per heavy atom. The van der Waals surface area contributed by atoms with Crippen molar-refractivity contribution in [3.8, 4) is 5.75 Å². The molecular formula is C19H21BrN2O4. The van der Waals surface area contributed by atoms with Gasteiger partial charge in [0.15, 0.2) is 0 Å². The molecule has 2 aromatic rings. The van der Waals surface area contributed by atoms with Crippen molar-refractivity contribution in [1.29, 1.82) is 0 Å². The summed E-state index contributed by atoms with van der Waals surface area (Å²) >= 11 is 3.46. The van der Waals surface area contributed by atoms with Gasteiger partial charge in [-0.2, -0.15) is 0 Å². The molecule has 1 unspecified atom stereocenters.